The lowest BCUT2D eigenvalue weighted by atomic mass is 10.0. The van der Waals surface area contributed by atoms with Crippen molar-refractivity contribution in [1.29, 1.82) is 0 Å². The summed E-state index contributed by atoms with van der Waals surface area (Å²) in [6, 6.07) is 1.42. The standard InChI is InChI=1S/C9H10F3N/c1-5(2)6-3-4-13-8(7(6)10)9(11)12/h3-5,9H,1-2H3. The van der Waals surface area contributed by atoms with Crippen molar-refractivity contribution >= 4 is 0 Å². The van der Waals surface area contributed by atoms with Crippen LogP contribution in [0.25, 0.3) is 0 Å². The van der Waals surface area contributed by atoms with Crippen LogP contribution in [0.1, 0.15) is 37.4 Å². The summed E-state index contributed by atoms with van der Waals surface area (Å²) in [6.07, 6.45) is -1.64. The molecule has 0 aliphatic heterocycles. The molecule has 0 saturated heterocycles. The van der Waals surface area contributed by atoms with Crippen molar-refractivity contribution in [3.8, 4) is 0 Å². The molecule has 1 rings (SSSR count). The van der Waals surface area contributed by atoms with Gasteiger partial charge < -0.3 is 0 Å². The Kier molecular flexibility index (Phi) is 2.90. The van der Waals surface area contributed by atoms with Gasteiger partial charge in [0.05, 0.1) is 0 Å². The van der Waals surface area contributed by atoms with Gasteiger partial charge in [-0.25, -0.2) is 13.2 Å². The molecular weight excluding hydrogens is 179 g/mol. The summed E-state index contributed by atoms with van der Waals surface area (Å²) in [5.41, 5.74) is -0.475. The first kappa shape index (κ1) is 10.0. The molecule has 13 heavy (non-hydrogen) atoms. The van der Waals surface area contributed by atoms with Gasteiger partial charge in [-0.2, -0.15) is 0 Å². The van der Waals surface area contributed by atoms with Gasteiger partial charge in [-0.3, -0.25) is 4.98 Å². The van der Waals surface area contributed by atoms with E-state index in [9.17, 15) is 13.2 Å². The molecule has 0 aliphatic rings. The summed E-state index contributed by atoms with van der Waals surface area (Å²) >= 11 is 0. The van der Waals surface area contributed by atoms with E-state index in [0.29, 0.717) is 0 Å². The van der Waals surface area contributed by atoms with Gasteiger partial charge >= 0.3 is 0 Å². The quantitative estimate of drug-likeness (QED) is 0.695. The Morgan fingerprint density at radius 3 is 2.38 bits per heavy atom. The van der Waals surface area contributed by atoms with E-state index in [2.05, 4.69) is 4.98 Å². The second-order valence-corrected chi connectivity index (χ2v) is 3.05. The summed E-state index contributed by atoms with van der Waals surface area (Å²) in [4.78, 5) is 3.30. The maximum absolute atomic E-state index is 13.2. The third-order valence-electron chi connectivity index (χ3n) is 1.77. The Morgan fingerprint density at radius 1 is 1.31 bits per heavy atom. The van der Waals surface area contributed by atoms with E-state index in [1.165, 1.54) is 12.3 Å². The molecule has 0 bridgehead atoms. The van der Waals surface area contributed by atoms with E-state index in [4.69, 9.17) is 0 Å². The Hall–Kier alpha value is -1.06. The van der Waals surface area contributed by atoms with Crippen LogP contribution in [0.15, 0.2) is 12.3 Å². The van der Waals surface area contributed by atoms with Crippen LogP contribution in [0, 0.1) is 5.82 Å². The smallest absolute Gasteiger partial charge is 0.252 e. The zero-order valence-electron chi connectivity index (χ0n) is 7.39. The molecule has 72 valence electrons. The maximum Gasteiger partial charge on any atom is 0.283 e. The van der Waals surface area contributed by atoms with Crippen LogP contribution < -0.4 is 0 Å². The lowest BCUT2D eigenvalue weighted by molar-refractivity contribution is 0.140. The predicted molar refractivity (Wildman–Crippen MR) is 43.2 cm³/mol. The van der Waals surface area contributed by atoms with Gasteiger partial charge in [-0.15, -0.1) is 0 Å². The van der Waals surface area contributed by atoms with Gasteiger partial charge in [-0.1, -0.05) is 13.8 Å². The molecule has 0 saturated carbocycles. The van der Waals surface area contributed by atoms with Gasteiger partial charge in [0, 0.05) is 6.20 Å². The fourth-order valence-corrected chi connectivity index (χ4v) is 1.07. The molecule has 0 spiro atoms. The Labute approximate surface area is 74.6 Å². The number of nitrogens with zero attached hydrogens (tertiary/aromatic N) is 1. The Balaban J connectivity index is 3.18. The molecule has 1 aromatic heterocycles. The van der Waals surface area contributed by atoms with Crippen molar-refractivity contribution in [1.82, 2.24) is 4.98 Å². The molecule has 0 unspecified atom stereocenters. The SMILES string of the molecule is CC(C)c1ccnc(C(F)F)c1F. The fourth-order valence-electron chi connectivity index (χ4n) is 1.07. The zero-order valence-corrected chi connectivity index (χ0v) is 7.39. The van der Waals surface area contributed by atoms with Crippen LogP contribution in [-0.4, -0.2) is 4.98 Å². The minimum Gasteiger partial charge on any atom is -0.252 e. The van der Waals surface area contributed by atoms with Crippen molar-refractivity contribution in [3.05, 3.63) is 29.3 Å². The molecule has 0 N–H and O–H groups in total. The molecule has 1 nitrogen and oxygen atoms in total. The average Bonchev–Trinajstić information content (AvgIpc) is 2.03. The van der Waals surface area contributed by atoms with Gasteiger partial charge in [0.1, 0.15) is 5.69 Å². The highest BCUT2D eigenvalue weighted by Gasteiger charge is 2.18. The van der Waals surface area contributed by atoms with Crippen LogP contribution in [0.5, 0.6) is 0 Å². The summed E-state index contributed by atoms with van der Waals surface area (Å²) in [6.45, 7) is 3.49. The number of pyridine rings is 1. The Bertz CT molecular complexity index is 271. The third-order valence-corrected chi connectivity index (χ3v) is 1.77. The Morgan fingerprint density at radius 2 is 1.92 bits per heavy atom. The van der Waals surface area contributed by atoms with Crippen LogP contribution in [0.4, 0.5) is 13.2 Å². The number of hydrogen-bond acceptors (Lipinski definition) is 1. The largest absolute Gasteiger partial charge is 0.283 e. The zero-order chi connectivity index (χ0) is 10.0. The van der Waals surface area contributed by atoms with Crippen LogP contribution in [-0.2, 0) is 0 Å². The molecule has 0 radical (unpaired) electrons. The second-order valence-electron chi connectivity index (χ2n) is 3.05. The van der Waals surface area contributed by atoms with E-state index in [0.717, 1.165) is 0 Å². The van der Waals surface area contributed by atoms with Gasteiger partial charge in [0.15, 0.2) is 5.82 Å². The highest BCUT2D eigenvalue weighted by molar-refractivity contribution is 5.22. The summed E-state index contributed by atoms with van der Waals surface area (Å²) in [7, 11) is 0. The molecule has 4 heteroatoms. The first-order chi connectivity index (χ1) is 6.04. The van der Waals surface area contributed by atoms with Crippen molar-refractivity contribution in [2.75, 3.05) is 0 Å². The highest BCUT2D eigenvalue weighted by Crippen LogP contribution is 2.25. The summed E-state index contributed by atoms with van der Waals surface area (Å²) < 4.78 is 37.6. The van der Waals surface area contributed by atoms with Crippen molar-refractivity contribution in [3.63, 3.8) is 0 Å². The molecule has 0 amide bonds. The van der Waals surface area contributed by atoms with E-state index >= 15 is 0 Å². The second kappa shape index (κ2) is 3.77. The maximum atomic E-state index is 13.2. The summed E-state index contributed by atoms with van der Waals surface area (Å²) in [5, 5.41) is 0. The van der Waals surface area contributed by atoms with E-state index in [1.807, 2.05) is 0 Å². The molecule has 1 heterocycles. The third kappa shape index (κ3) is 1.99. The van der Waals surface area contributed by atoms with Crippen molar-refractivity contribution < 1.29 is 13.2 Å². The molecule has 0 aromatic carbocycles. The molecule has 1 aromatic rings. The highest BCUT2D eigenvalue weighted by atomic mass is 19.3. The average molecular weight is 189 g/mol. The number of halogens is 3. The lowest BCUT2D eigenvalue weighted by Gasteiger charge is -2.08. The van der Waals surface area contributed by atoms with Crippen molar-refractivity contribution in [2.24, 2.45) is 0 Å². The number of hydrogen-bond donors (Lipinski definition) is 0. The van der Waals surface area contributed by atoms with Crippen molar-refractivity contribution in [2.45, 2.75) is 26.2 Å². The van der Waals surface area contributed by atoms with E-state index in [1.54, 1.807) is 13.8 Å². The molecule has 0 fully saturated rings. The number of alkyl halides is 2. The van der Waals surface area contributed by atoms with Gasteiger partial charge in [0.2, 0.25) is 0 Å². The van der Waals surface area contributed by atoms with Crippen LogP contribution >= 0.6 is 0 Å². The topological polar surface area (TPSA) is 12.9 Å². The first-order valence-corrected chi connectivity index (χ1v) is 3.96. The predicted octanol–water partition coefficient (Wildman–Crippen LogP) is 3.28. The number of aromatic nitrogens is 1. The first-order valence-electron chi connectivity index (χ1n) is 3.96. The normalized spacial score (nSPS) is 11.3. The van der Waals surface area contributed by atoms with E-state index < -0.39 is 17.9 Å². The minimum atomic E-state index is -2.85. The summed E-state index contributed by atoms with van der Waals surface area (Å²) in [5.74, 6) is -0.993. The van der Waals surface area contributed by atoms with E-state index in [-0.39, 0.29) is 11.5 Å². The minimum absolute atomic E-state index is 0.111. The van der Waals surface area contributed by atoms with Crippen LogP contribution in [0.2, 0.25) is 0 Å². The molecule has 0 atom stereocenters. The molecule has 0 aliphatic carbocycles. The number of rotatable bonds is 2. The van der Waals surface area contributed by atoms with Crippen LogP contribution in [0.3, 0.4) is 0 Å². The lowest BCUT2D eigenvalue weighted by Crippen LogP contribution is -2.01. The van der Waals surface area contributed by atoms with Gasteiger partial charge in [0.25, 0.3) is 6.43 Å². The van der Waals surface area contributed by atoms with Gasteiger partial charge in [-0.05, 0) is 17.5 Å². The molecular formula is C9H10F3N. The monoisotopic (exact) mass is 189 g/mol. The fraction of sp³-hybridized carbons (Fsp3) is 0.444.